The van der Waals surface area contributed by atoms with Gasteiger partial charge in [0.25, 0.3) is 0 Å². The molecule has 1 heterocycles. The maximum absolute atomic E-state index is 11.1. The molecule has 0 saturated heterocycles. The van der Waals surface area contributed by atoms with Crippen LogP contribution in [0.1, 0.15) is 38.3 Å². The maximum atomic E-state index is 11.1. The molecule has 0 aliphatic carbocycles. The first-order chi connectivity index (χ1) is 8.67. The van der Waals surface area contributed by atoms with E-state index in [9.17, 15) is 4.79 Å². The summed E-state index contributed by atoms with van der Waals surface area (Å²) in [6.07, 6.45) is 7.56. The van der Waals surface area contributed by atoms with Crippen LogP contribution < -0.4 is 4.68 Å². The van der Waals surface area contributed by atoms with Crippen LogP contribution in [0.25, 0.3) is 0 Å². The van der Waals surface area contributed by atoms with Gasteiger partial charge >= 0.3 is 5.97 Å². The summed E-state index contributed by atoms with van der Waals surface area (Å²) >= 11 is 0. The van der Waals surface area contributed by atoms with Crippen LogP contribution in [0.2, 0.25) is 0 Å². The molecule has 0 spiro atoms. The lowest BCUT2D eigenvalue weighted by molar-refractivity contribution is -0.755. The minimum Gasteiger partial charge on any atom is -0.435 e. The van der Waals surface area contributed by atoms with Gasteiger partial charge in [0.2, 0.25) is 0 Å². The number of rotatable bonds is 8. The topological polar surface area (TPSA) is 48.0 Å². The molecule has 5 nitrogen and oxygen atoms in total. The highest BCUT2D eigenvalue weighted by molar-refractivity contribution is 5.69. The van der Waals surface area contributed by atoms with Gasteiger partial charge in [0.1, 0.15) is 13.6 Å². The van der Waals surface area contributed by atoms with Crippen molar-refractivity contribution >= 4 is 5.97 Å². The third-order valence-electron chi connectivity index (χ3n) is 2.70. The molecule has 1 aromatic rings. The van der Waals surface area contributed by atoms with E-state index in [-0.39, 0.29) is 5.97 Å². The summed E-state index contributed by atoms with van der Waals surface area (Å²) in [6.45, 7) is 6.33. The number of carbonyl (C=O) groups is 1. The average Bonchev–Trinajstić information content (AvgIpc) is 2.67. The molecule has 0 aliphatic heterocycles. The largest absolute Gasteiger partial charge is 0.435 e. The highest BCUT2D eigenvalue weighted by Gasteiger charge is 2.11. The Morgan fingerprint density at radius 3 is 3.06 bits per heavy atom. The molecule has 5 heteroatoms. The Hall–Kier alpha value is -1.65. The number of ether oxygens (including phenoxy) is 1. The highest BCUT2D eigenvalue weighted by atomic mass is 16.5. The number of aryl methyl sites for hydroxylation is 3. The predicted octanol–water partition coefficient (Wildman–Crippen LogP) is 1.52. The molecule has 0 unspecified atom stereocenters. The first kappa shape index (κ1) is 14.4. The molecule has 0 atom stereocenters. The van der Waals surface area contributed by atoms with Crippen molar-refractivity contribution in [3.8, 4) is 0 Å². The van der Waals surface area contributed by atoms with Crippen molar-refractivity contribution in [3.63, 3.8) is 0 Å². The Bertz CT molecular complexity index is 399. The van der Waals surface area contributed by atoms with Gasteiger partial charge < -0.3 is 4.74 Å². The van der Waals surface area contributed by atoms with Gasteiger partial charge in [0, 0.05) is 12.8 Å². The van der Waals surface area contributed by atoms with E-state index < -0.39 is 0 Å². The zero-order chi connectivity index (χ0) is 13.4. The second kappa shape index (κ2) is 7.63. The molecule has 0 aromatic carbocycles. The molecule has 0 saturated carbocycles. The van der Waals surface area contributed by atoms with Crippen LogP contribution >= 0.6 is 0 Å². The van der Waals surface area contributed by atoms with Crippen LogP contribution in [0.4, 0.5) is 0 Å². The van der Waals surface area contributed by atoms with Crippen LogP contribution in [0, 0.1) is 0 Å². The summed E-state index contributed by atoms with van der Waals surface area (Å²) in [4.78, 5) is 11.1. The van der Waals surface area contributed by atoms with Crippen LogP contribution in [0.5, 0.6) is 0 Å². The minimum atomic E-state index is -0.220. The summed E-state index contributed by atoms with van der Waals surface area (Å²) < 4.78 is 8.49. The van der Waals surface area contributed by atoms with Crippen LogP contribution in [0.3, 0.4) is 0 Å². The molecule has 0 fully saturated rings. The molecular formula is C13H22N3O2+. The van der Waals surface area contributed by atoms with Gasteiger partial charge in [-0.1, -0.05) is 13.5 Å². The number of carbonyl (C=O) groups excluding carboxylic acids is 1. The average molecular weight is 252 g/mol. The smallest absolute Gasteiger partial charge is 0.310 e. The van der Waals surface area contributed by atoms with Gasteiger partial charge in [-0.05, 0) is 19.3 Å². The number of unbranched alkanes of at least 4 members (excludes halogenated alkanes) is 1. The molecule has 0 N–H and O–H groups in total. The third kappa shape index (κ3) is 4.69. The summed E-state index contributed by atoms with van der Waals surface area (Å²) in [5, 5.41) is 4.38. The second-order valence-corrected chi connectivity index (χ2v) is 4.26. The Labute approximate surface area is 108 Å². The van der Waals surface area contributed by atoms with Gasteiger partial charge in [-0.25, -0.2) is 0 Å². The minimum absolute atomic E-state index is 0.220. The van der Waals surface area contributed by atoms with E-state index >= 15 is 0 Å². The fourth-order valence-corrected chi connectivity index (χ4v) is 1.80. The molecule has 18 heavy (non-hydrogen) atoms. The van der Waals surface area contributed by atoms with Gasteiger partial charge in [-0.15, -0.1) is 9.36 Å². The van der Waals surface area contributed by atoms with Crippen molar-refractivity contribution in [2.45, 2.75) is 45.6 Å². The van der Waals surface area contributed by atoms with Crippen LogP contribution in [-0.2, 0) is 29.5 Å². The molecule has 0 amide bonds. The lowest BCUT2D eigenvalue weighted by Crippen LogP contribution is -2.36. The van der Waals surface area contributed by atoms with Gasteiger partial charge in [-0.3, -0.25) is 4.79 Å². The first-order valence-corrected chi connectivity index (χ1v) is 6.40. The Morgan fingerprint density at radius 2 is 2.39 bits per heavy atom. The molecule has 1 rings (SSSR count). The van der Waals surface area contributed by atoms with Gasteiger partial charge in [0.05, 0.1) is 11.5 Å². The lowest BCUT2D eigenvalue weighted by Gasteiger charge is -1.97. The van der Waals surface area contributed by atoms with E-state index in [1.807, 2.05) is 16.4 Å². The standard InChI is InChI=1S/C13H22N3O2/c1-4-8-12-11-16(14-15(12)3)10-7-6-9-13(17)18-5-2/h5,11H,2,4,6-10H2,1,3H3/q+1. The van der Waals surface area contributed by atoms with Crippen molar-refractivity contribution < 1.29 is 14.2 Å². The Kier molecular flexibility index (Phi) is 6.11. The predicted molar refractivity (Wildman–Crippen MR) is 67.5 cm³/mol. The van der Waals surface area contributed by atoms with Crippen molar-refractivity contribution in [2.75, 3.05) is 0 Å². The molecular weight excluding hydrogens is 230 g/mol. The van der Waals surface area contributed by atoms with E-state index in [1.54, 1.807) is 0 Å². The van der Waals surface area contributed by atoms with Crippen molar-refractivity contribution in [3.05, 3.63) is 24.7 Å². The summed E-state index contributed by atoms with van der Waals surface area (Å²) in [5.41, 5.74) is 1.24. The quantitative estimate of drug-likeness (QED) is 0.305. The number of nitrogens with zero attached hydrogens (tertiary/aromatic N) is 3. The SMILES string of the molecule is C=COC(=O)CCCC[n+]1cc(CCC)n(C)n1. The van der Waals surface area contributed by atoms with E-state index in [2.05, 4.69) is 29.6 Å². The maximum Gasteiger partial charge on any atom is 0.310 e. The van der Waals surface area contributed by atoms with E-state index in [0.717, 1.165) is 32.2 Å². The van der Waals surface area contributed by atoms with Gasteiger partial charge in [-0.2, -0.15) is 0 Å². The second-order valence-electron chi connectivity index (χ2n) is 4.26. The molecule has 100 valence electrons. The highest BCUT2D eigenvalue weighted by Crippen LogP contribution is 2.00. The Balaban J connectivity index is 2.29. The third-order valence-corrected chi connectivity index (χ3v) is 2.70. The van der Waals surface area contributed by atoms with E-state index in [1.165, 1.54) is 12.0 Å². The van der Waals surface area contributed by atoms with Gasteiger partial charge in [0.15, 0.2) is 11.9 Å². The lowest BCUT2D eigenvalue weighted by atomic mass is 10.2. The van der Waals surface area contributed by atoms with Crippen LogP contribution in [-0.4, -0.2) is 15.9 Å². The number of hydrogen-bond acceptors (Lipinski definition) is 3. The van der Waals surface area contributed by atoms with Crippen molar-refractivity contribution in [2.24, 2.45) is 7.05 Å². The van der Waals surface area contributed by atoms with E-state index in [4.69, 9.17) is 0 Å². The number of aromatic nitrogens is 3. The molecule has 0 aliphatic rings. The number of hydrogen-bond donors (Lipinski definition) is 0. The monoisotopic (exact) mass is 252 g/mol. The van der Waals surface area contributed by atoms with Crippen molar-refractivity contribution in [1.29, 1.82) is 0 Å². The van der Waals surface area contributed by atoms with Crippen LogP contribution in [0.15, 0.2) is 19.0 Å². The van der Waals surface area contributed by atoms with E-state index in [0.29, 0.717) is 6.42 Å². The summed E-state index contributed by atoms with van der Waals surface area (Å²) in [7, 11) is 1.96. The van der Waals surface area contributed by atoms with Crippen molar-refractivity contribution in [1.82, 2.24) is 9.90 Å². The zero-order valence-electron chi connectivity index (χ0n) is 11.3. The summed E-state index contributed by atoms with van der Waals surface area (Å²) in [5.74, 6) is -0.220. The number of esters is 1. The normalized spacial score (nSPS) is 10.3. The fraction of sp³-hybridized carbons (Fsp3) is 0.615. The molecule has 1 aromatic heterocycles. The molecule has 0 bridgehead atoms. The zero-order valence-corrected chi connectivity index (χ0v) is 11.3. The fourth-order valence-electron chi connectivity index (χ4n) is 1.80. The molecule has 0 radical (unpaired) electrons. The summed E-state index contributed by atoms with van der Waals surface area (Å²) in [6, 6.07) is 0. The first-order valence-electron chi connectivity index (χ1n) is 6.40. The Morgan fingerprint density at radius 1 is 1.61 bits per heavy atom.